The van der Waals surface area contributed by atoms with Gasteiger partial charge >= 0.3 is 0 Å². The van der Waals surface area contributed by atoms with Gasteiger partial charge in [0.05, 0.1) is 14.2 Å². The summed E-state index contributed by atoms with van der Waals surface area (Å²) in [4.78, 5) is 29.0. The number of methoxy groups -OCH3 is 2. The van der Waals surface area contributed by atoms with Crippen LogP contribution in [0.5, 0.6) is 11.5 Å². The highest BCUT2D eigenvalue weighted by Crippen LogP contribution is 2.16. The molecule has 0 aliphatic carbocycles. The van der Waals surface area contributed by atoms with Crippen LogP contribution in [-0.4, -0.2) is 31.0 Å². The maximum absolute atomic E-state index is 12.4. The maximum Gasteiger partial charge on any atom is 0.274 e. The number of nitrogens with zero attached hydrogens (tertiary/aromatic N) is 1. The fraction of sp³-hybridized carbons (Fsp3) is 0.136. The minimum Gasteiger partial charge on any atom is -0.497 e. The van der Waals surface area contributed by atoms with Gasteiger partial charge in [0.25, 0.3) is 11.8 Å². The molecule has 1 aromatic heterocycles. The van der Waals surface area contributed by atoms with E-state index in [4.69, 9.17) is 9.47 Å². The number of ether oxygens (including phenoxy) is 2. The Labute approximate surface area is 168 Å². The normalized spacial score (nSPS) is 10.1. The third-order valence-corrected chi connectivity index (χ3v) is 4.17. The van der Waals surface area contributed by atoms with E-state index in [1.807, 2.05) is 24.3 Å². The van der Waals surface area contributed by atoms with Gasteiger partial charge in [0.2, 0.25) is 0 Å². The van der Waals surface area contributed by atoms with Crippen LogP contribution < -0.4 is 20.1 Å². The van der Waals surface area contributed by atoms with Crippen LogP contribution in [0.1, 0.15) is 26.5 Å². The molecule has 1 heterocycles. The zero-order valence-corrected chi connectivity index (χ0v) is 16.1. The standard InChI is InChI=1S/C22H21N3O4/c1-28-17-10-6-15(7-11-17)14-23-21(26)19-4-3-5-20(25-19)22(27)24-16-8-12-18(29-2)13-9-16/h3-13H,14H2,1-2H3,(H,23,26)(H,24,27). The first-order valence-corrected chi connectivity index (χ1v) is 8.92. The maximum atomic E-state index is 12.4. The molecule has 0 atom stereocenters. The molecular formula is C22H21N3O4. The van der Waals surface area contributed by atoms with Crippen LogP contribution in [0.15, 0.2) is 66.7 Å². The zero-order valence-electron chi connectivity index (χ0n) is 16.1. The number of benzene rings is 2. The molecule has 7 nitrogen and oxygen atoms in total. The lowest BCUT2D eigenvalue weighted by atomic mass is 10.2. The van der Waals surface area contributed by atoms with Gasteiger partial charge in [-0.25, -0.2) is 4.98 Å². The predicted molar refractivity (Wildman–Crippen MR) is 109 cm³/mol. The molecule has 7 heteroatoms. The Hall–Kier alpha value is -3.87. The average molecular weight is 391 g/mol. The highest BCUT2D eigenvalue weighted by atomic mass is 16.5. The number of hydrogen-bond donors (Lipinski definition) is 2. The van der Waals surface area contributed by atoms with Crippen LogP contribution >= 0.6 is 0 Å². The predicted octanol–water partition coefficient (Wildman–Crippen LogP) is 3.28. The first kappa shape index (κ1) is 19.9. The summed E-state index contributed by atoms with van der Waals surface area (Å²) in [5.74, 6) is 0.675. The van der Waals surface area contributed by atoms with Gasteiger partial charge in [-0.05, 0) is 54.1 Å². The van der Waals surface area contributed by atoms with E-state index in [9.17, 15) is 9.59 Å². The van der Waals surface area contributed by atoms with Crippen molar-refractivity contribution >= 4 is 17.5 Å². The molecule has 0 aliphatic rings. The smallest absolute Gasteiger partial charge is 0.274 e. The molecule has 0 bridgehead atoms. The number of pyridine rings is 1. The van der Waals surface area contributed by atoms with Crippen LogP contribution in [0.4, 0.5) is 5.69 Å². The number of amides is 2. The van der Waals surface area contributed by atoms with Crippen LogP contribution in [0.2, 0.25) is 0 Å². The number of carbonyl (C=O) groups excluding carboxylic acids is 2. The largest absolute Gasteiger partial charge is 0.497 e. The molecule has 148 valence electrons. The van der Waals surface area contributed by atoms with Crippen molar-refractivity contribution in [1.82, 2.24) is 10.3 Å². The van der Waals surface area contributed by atoms with Crippen molar-refractivity contribution in [3.05, 3.63) is 83.7 Å². The Morgan fingerprint density at radius 3 is 1.93 bits per heavy atom. The summed E-state index contributed by atoms with van der Waals surface area (Å²) in [6.45, 7) is 0.340. The fourth-order valence-electron chi connectivity index (χ4n) is 2.57. The number of nitrogens with one attached hydrogen (secondary N) is 2. The summed E-state index contributed by atoms with van der Waals surface area (Å²) in [6.07, 6.45) is 0. The molecule has 0 fully saturated rings. The minimum absolute atomic E-state index is 0.151. The van der Waals surface area contributed by atoms with Crippen LogP contribution in [0.25, 0.3) is 0 Å². The van der Waals surface area contributed by atoms with E-state index in [1.54, 1.807) is 56.7 Å². The molecule has 0 saturated carbocycles. The highest BCUT2D eigenvalue weighted by molar-refractivity contribution is 6.03. The van der Waals surface area contributed by atoms with Gasteiger partial charge in [-0.3, -0.25) is 9.59 Å². The van der Waals surface area contributed by atoms with Gasteiger partial charge in [0.1, 0.15) is 22.9 Å². The summed E-state index contributed by atoms with van der Waals surface area (Å²) in [5.41, 5.74) is 1.85. The highest BCUT2D eigenvalue weighted by Gasteiger charge is 2.12. The lowest BCUT2D eigenvalue weighted by Crippen LogP contribution is -2.25. The topological polar surface area (TPSA) is 89.5 Å². The summed E-state index contributed by atoms with van der Waals surface area (Å²) in [7, 11) is 3.17. The summed E-state index contributed by atoms with van der Waals surface area (Å²) in [6, 6.07) is 19.1. The van der Waals surface area contributed by atoms with Crippen LogP contribution in [-0.2, 0) is 6.54 Å². The molecule has 2 N–H and O–H groups in total. The van der Waals surface area contributed by atoms with Crippen molar-refractivity contribution in [3.63, 3.8) is 0 Å². The Morgan fingerprint density at radius 1 is 0.793 bits per heavy atom. The summed E-state index contributed by atoms with van der Waals surface area (Å²) < 4.78 is 10.2. The van der Waals surface area contributed by atoms with Gasteiger partial charge in [0, 0.05) is 12.2 Å². The van der Waals surface area contributed by atoms with E-state index in [1.165, 1.54) is 0 Å². The molecule has 3 rings (SSSR count). The number of carbonyl (C=O) groups is 2. The van der Waals surface area contributed by atoms with Crippen molar-refractivity contribution in [2.45, 2.75) is 6.54 Å². The Morgan fingerprint density at radius 2 is 1.34 bits per heavy atom. The van der Waals surface area contributed by atoms with E-state index in [-0.39, 0.29) is 17.3 Å². The molecule has 0 unspecified atom stereocenters. The SMILES string of the molecule is COc1ccc(CNC(=O)c2cccc(C(=O)Nc3ccc(OC)cc3)n2)cc1. The number of aromatic nitrogens is 1. The van der Waals surface area contributed by atoms with E-state index in [2.05, 4.69) is 15.6 Å². The van der Waals surface area contributed by atoms with Crippen LogP contribution in [0, 0.1) is 0 Å². The van der Waals surface area contributed by atoms with Gasteiger partial charge in [-0.1, -0.05) is 18.2 Å². The van der Waals surface area contributed by atoms with Crippen molar-refractivity contribution in [1.29, 1.82) is 0 Å². The number of hydrogen-bond acceptors (Lipinski definition) is 5. The fourth-order valence-corrected chi connectivity index (χ4v) is 2.57. The number of anilines is 1. The number of rotatable bonds is 7. The second kappa shape index (κ2) is 9.36. The van der Waals surface area contributed by atoms with Crippen molar-refractivity contribution in [3.8, 4) is 11.5 Å². The second-order valence-corrected chi connectivity index (χ2v) is 6.12. The van der Waals surface area contributed by atoms with Gasteiger partial charge in [-0.15, -0.1) is 0 Å². The van der Waals surface area contributed by atoms with Gasteiger partial charge in [-0.2, -0.15) is 0 Å². The van der Waals surface area contributed by atoms with Crippen LogP contribution in [0.3, 0.4) is 0 Å². The van der Waals surface area contributed by atoms with Gasteiger partial charge in [0.15, 0.2) is 0 Å². The first-order valence-electron chi connectivity index (χ1n) is 8.92. The van der Waals surface area contributed by atoms with E-state index in [0.717, 1.165) is 11.3 Å². The molecule has 0 radical (unpaired) electrons. The Bertz CT molecular complexity index is 986. The van der Waals surface area contributed by atoms with Crippen molar-refractivity contribution in [2.75, 3.05) is 19.5 Å². The average Bonchev–Trinajstić information content (AvgIpc) is 2.78. The van der Waals surface area contributed by atoms with E-state index < -0.39 is 5.91 Å². The van der Waals surface area contributed by atoms with E-state index in [0.29, 0.717) is 18.0 Å². The molecule has 0 spiro atoms. The lowest BCUT2D eigenvalue weighted by Gasteiger charge is -2.08. The molecule has 0 saturated heterocycles. The zero-order chi connectivity index (χ0) is 20.6. The second-order valence-electron chi connectivity index (χ2n) is 6.12. The molecule has 3 aromatic rings. The summed E-state index contributed by atoms with van der Waals surface area (Å²) >= 11 is 0. The third kappa shape index (κ3) is 5.32. The van der Waals surface area contributed by atoms with Crippen molar-refractivity contribution in [2.24, 2.45) is 0 Å². The third-order valence-electron chi connectivity index (χ3n) is 4.17. The minimum atomic E-state index is -0.403. The first-order chi connectivity index (χ1) is 14.1. The Balaban J connectivity index is 1.62. The Kier molecular flexibility index (Phi) is 6.42. The monoisotopic (exact) mass is 391 g/mol. The summed E-state index contributed by atoms with van der Waals surface area (Å²) in [5, 5.41) is 5.54. The lowest BCUT2D eigenvalue weighted by molar-refractivity contribution is 0.0945. The molecule has 29 heavy (non-hydrogen) atoms. The van der Waals surface area contributed by atoms with Gasteiger partial charge < -0.3 is 20.1 Å². The molecule has 0 aliphatic heterocycles. The molecule has 2 amide bonds. The van der Waals surface area contributed by atoms with E-state index >= 15 is 0 Å². The van der Waals surface area contributed by atoms with Crippen molar-refractivity contribution < 1.29 is 19.1 Å². The molecular weight excluding hydrogens is 370 g/mol. The molecule has 2 aromatic carbocycles. The quantitative estimate of drug-likeness (QED) is 0.645.